The van der Waals surface area contributed by atoms with E-state index in [-0.39, 0.29) is 5.82 Å². The number of nitrogens with zero attached hydrogens (tertiary/aromatic N) is 2. The second-order valence-electron chi connectivity index (χ2n) is 7.12. The highest BCUT2D eigenvalue weighted by atomic mass is 32.1. The van der Waals surface area contributed by atoms with Gasteiger partial charge in [-0.05, 0) is 41.0 Å². The minimum Gasteiger partial charge on any atom is -0.489 e. The van der Waals surface area contributed by atoms with E-state index in [1.54, 1.807) is 23.5 Å². The molecule has 4 rings (SSSR count). The molecule has 30 heavy (non-hydrogen) atoms. The van der Waals surface area contributed by atoms with Gasteiger partial charge in [-0.25, -0.2) is 9.37 Å². The van der Waals surface area contributed by atoms with Crippen LogP contribution in [-0.2, 0) is 26.2 Å². The predicted molar refractivity (Wildman–Crippen MR) is 119 cm³/mol. The van der Waals surface area contributed by atoms with Gasteiger partial charge in [-0.1, -0.05) is 54.6 Å². The van der Waals surface area contributed by atoms with E-state index in [4.69, 9.17) is 4.74 Å². The first-order chi connectivity index (χ1) is 14.7. The van der Waals surface area contributed by atoms with Crippen molar-refractivity contribution >= 4 is 11.3 Å². The standard InChI is InChI=1S/C25H23FN2OS/c26-23-8-4-7-22(15-23)17-28(18-25-27-13-14-30-25)16-20-9-11-24(12-10-20)29-19-21-5-2-1-3-6-21/h1-15H,16-19H2. The summed E-state index contributed by atoms with van der Waals surface area (Å²) in [6.45, 7) is 2.68. The largest absolute Gasteiger partial charge is 0.489 e. The average Bonchev–Trinajstić information content (AvgIpc) is 3.27. The van der Waals surface area contributed by atoms with E-state index < -0.39 is 0 Å². The number of ether oxygens (including phenoxy) is 1. The maximum absolute atomic E-state index is 13.6. The van der Waals surface area contributed by atoms with Gasteiger partial charge in [0.15, 0.2) is 0 Å². The molecule has 5 heteroatoms. The number of thiazole rings is 1. The predicted octanol–water partition coefficient (Wildman–Crippen LogP) is 6.06. The van der Waals surface area contributed by atoms with Gasteiger partial charge >= 0.3 is 0 Å². The number of hydrogen-bond donors (Lipinski definition) is 0. The number of halogens is 1. The molecule has 0 saturated carbocycles. The van der Waals surface area contributed by atoms with Crippen LogP contribution in [0.2, 0.25) is 0 Å². The lowest BCUT2D eigenvalue weighted by Crippen LogP contribution is -2.22. The number of rotatable bonds is 9. The Kier molecular flexibility index (Phi) is 6.85. The normalized spacial score (nSPS) is 11.0. The number of benzene rings is 3. The van der Waals surface area contributed by atoms with Gasteiger partial charge in [-0.3, -0.25) is 4.90 Å². The Labute approximate surface area is 180 Å². The molecule has 0 aliphatic heterocycles. The van der Waals surface area contributed by atoms with Crippen molar-refractivity contribution in [2.24, 2.45) is 0 Å². The summed E-state index contributed by atoms with van der Waals surface area (Å²) in [5, 5.41) is 3.03. The maximum Gasteiger partial charge on any atom is 0.123 e. The number of aromatic nitrogens is 1. The Morgan fingerprint density at radius 1 is 0.800 bits per heavy atom. The Bertz CT molecular complexity index is 1040. The minimum absolute atomic E-state index is 0.207. The minimum atomic E-state index is -0.207. The van der Waals surface area contributed by atoms with E-state index in [2.05, 4.69) is 34.1 Å². The lowest BCUT2D eigenvalue weighted by molar-refractivity contribution is 0.247. The lowest BCUT2D eigenvalue weighted by atomic mass is 10.1. The number of hydrogen-bond acceptors (Lipinski definition) is 4. The summed E-state index contributed by atoms with van der Waals surface area (Å²) < 4.78 is 19.5. The van der Waals surface area contributed by atoms with Crippen LogP contribution in [0.25, 0.3) is 0 Å². The van der Waals surface area contributed by atoms with Gasteiger partial charge in [0.25, 0.3) is 0 Å². The SMILES string of the molecule is Fc1cccc(CN(Cc2ccc(OCc3ccccc3)cc2)Cc2nccs2)c1. The Hall–Kier alpha value is -3.02. The molecule has 0 saturated heterocycles. The van der Waals surface area contributed by atoms with E-state index in [9.17, 15) is 4.39 Å². The molecule has 0 spiro atoms. The van der Waals surface area contributed by atoms with E-state index >= 15 is 0 Å². The van der Waals surface area contributed by atoms with Crippen LogP contribution < -0.4 is 4.74 Å². The molecule has 0 amide bonds. The van der Waals surface area contributed by atoms with Crippen LogP contribution in [-0.4, -0.2) is 9.88 Å². The third kappa shape index (κ3) is 5.99. The third-order valence-electron chi connectivity index (χ3n) is 4.72. The average molecular weight is 419 g/mol. The zero-order chi connectivity index (χ0) is 20.6. The third-order valence-corrected chi connectivity index (χ3v) is 5.48. The van der Waals surface area contributed by atoms with Crippen molar-refractivity contribution in [2.75, 3.05) is 0 Å². The molecule has 0 radical (unpaired) electrons. The van der Waals surface area contributed by atoms with Crippen molar-refractivity contribution in [2.45, 2.75) is 26.2 Å². The van der Waals surface area contributed by atoms with Gasteiger partial charge in [0.2, 0.25) is 0 Å². The van der Waals surface area contributed by atoms with Gasteiger partial charge in [0, 0.05) is 24.7 Å². The first-order valence-electron chi connectivity index (χ1n) is 9.85. The van der Waals surface area contributed by atoms with Crippen molar-refractivity contribution < 1.29 is 9.13 Å². The van der Waals surface area contributed by atoms with Crippen LogP contribution in [0.5, 0.6) is 5.75 Å². The highest BCUT2D eigenvalue weighted by Crippen LogP contribution is 2.19. The fraction of sp³-hybridized carbons (Fsp3) is 0.160. The van der Waals surface area contributed by atoms with Crippen molar-refractivity contribution in [3.05, 3.63) is 118 Å². The van der Waals surface area contributed by atoms with Crippen molar-refractivity contribution in [3.8, 4) is 5.75 Å². The smallest absolute Gasteiger partial charge is 0.123 e. The topological polar surface area (TPSA) is 25.4 Å². The van der Waals surface area contributed by atoms with Crippen LogP contribution in [0.15, 0.2) is 90.4 Å². The molecule has 4 aromatic rings. The van der Waals surface area contributed by atoms with Gasteiger partial charge in [-0.2, -0.15) is 0 Å². The molecule has 0 N–H and O–H groups in total. The van der Waals surface area contributed by atoms with E-state index in [1.165, 1.54) is 11.6 Å². The first-order valence-corrected chi connectivity index (χ1v) is 10.7. The van der Waals surface area contributed by atoms with Crippen molar-refractivity contribution in [3.63, 3.8) is 0 Å². The van der Waals surface area contributed by atoms with Gasteiger partial charge in [-0.15, -0.1) is 11.3 Å². The Morgan fingerprint density at radius 3 is 2.30 bits per heavy atom. The van der Waals surface area contributed by atoms with Crippen molar-refractivity contribution in [1.82, 2.24) is 9.88 Å². The molecule has 3 nitrogen and oxygen atoms in total. The molecular weight excluding hydrogens is 395 g/mol. The molecule has 0 fully saturated rings. The monoisotopic (exact) mass is 418 g/mol. The summed E-state index contributed by atoms with van der Waals surface area (Å²) in [5.74, 6) is 0.640. The zero-order valence-corrected chi connectivity index (χ0v) is 17.4. The summed E-state index contributed by atoms with van der Waals surface area (Å²) >= 11 is 1.64. The highest BCUT2D eigenvalue weighted by Gasteiger charge is 2.11. The van der Waals surface area contributed by atoms with Crippen LogP contribution in [0.1, 0.15) is 21.7 Å². The first kappa shape index (κ1) is 20.3. The summed E-state index contributed by atoms with van der Waals surface area (Å²) in [5.41, 5.74) is 3.27. The maximum atomic E-state index is 13.6. The van der Waals surface area contributed by atoms with E-state index in [0.717, 1.165) is 35.0 Å². The summed E-state index contributed by atoms with van der Waals surface area (Å²) in [6, 6.07) is 25.1. The lowest BCUT2D eigenvalue weighted by Gasteiger charge is -2.22. The van der Waals surface area contributed by atoms with Crippen molar-refractivity contribution in [1.29, 1.82) is 0 Å². The molecule has 0 unspecified atom stereocenters. The molecule has 3 aromatic carbocycles. The van der Waals surface area contributed by atoms with Crippen LogP contribution >= 0.6 is 11.3 Å². The fourth-order valence-corrected chi connectivity index (χ4v) is 3.93. The summed E-state index contributed by atoms with van der Waals surface area (Å²) in [7, 11) is 0. The van der Waals surface area contributed by atoms with Crippen LogP contribution in [0, 0.1) is 5.82 Å². The summed E-state index contributed by atoms with van der Waals surface area (Å²) in [4.78, 5) is 6.68. The molecule has 1 aromatic heterocycles. The van der Waals surface area contributed by atoms with E-state index in [1.807, 2.05) is 48.0 Å². The molecule has 0 bridgehead atoms. The molecule has 0 atom stereocenters. The van der Waals surface area contributed by atoms with Crippen LogP contribution in [0.3, 0.4) is 0 Å². The molecule has 1 heterocycles. The fourth-order valence-electron chi connectivity index (χ4n) is 3.27. The van der Waals surface area contributed by atoms with E-state index in [0.29, 0.717) is 13.2 Å². The van der Waals surface area contributed by atoms with Crippen LogP contribution in [0.4, 0.5) is 4.39 Å². The zero-order valence-electron chi connectivity index (χ0n) is 16.6. The molecule has 0 aliphatic rings. The highest BCUT2D eigenvalue weighted by molar-refractivity contribution is 7.09. The summed E-state index contributed by atoms with van der Waals surface area (Å²) in [6.07, 6.45) is 1.82. The molecule has 0 aliphatic carbocycles. The second kappa shape index (κ2) is 10.1. The molecular formula is C25H23FN2OS. The Balaban J connectivity index is 1.41. The quantitative estimate of drug-likeness (QED) is 0.330. The molecule has 152 valence electrons. The van der Waals surface area contributed by atoms with Gasteiger partial charge in [0.1, 0.15) is 23.2 Å². The van der Waals surface area contributed by atoms with Gasteiger partial charge < -0.3 is 4.74 Å². The second-order valence-corrected chi connectivity index (χ2v) is 8.10. The Morgan fingerprint density at radius 2 is 1.57 bits per heavy atom. The van der Waals surface area contributed by atoms with Gasteiger partial charge in [0.05, 0.1) is 6.54 Å².